The monoisotopic (exact) mass is 558 g/mol. The summed E-state index contributed by atoms with van der Waals surface area (Å²) in [6, 6.07) is -1.73. The summed E-state index contributed by atoms with van der Waals surface area (Å²) in [6.45, 7) is 12.5. The van der Waals surface area contributed by atoms with Crippen LogP contribution in [-0.4, -0.2) is 142 Å². The molecule has 0 aromatic heterocycles. The average Bonchev–Trinajstić information content (AvgIpc) is 2.81. The molecule has 10 N–H and O–H groups in total. The van der Waals surface area contributed by atoms with E-state index in [4.69, 9.17) is 29.2 Å². The molecule has 4 unspecified atom stereocenters. The number of ether oxygens (including phenoxy) is 4. The SMILES string of the molecule is CC(C)(C)COCN[C@@H]1C(O)[C@@H](O)C(CO)O[C@@H]1O.CC(C)(C)COCN[C@@H]1C(O)[C@H](O)C(CO)O[C@@H]1O. The van der Waals surface area contributed by atoms with E-state index in [0.29, 0.717) is 13.2 Å². The number of aliphatic hydroxyl groups is 8. The Morgan fingerprint density at radius 2 is 0.895 bits per heavy atom. The quantitative estimate of drug-likeness (QED) is 0.0942. The van der Waals surface area contributed by atoms with Crippen molar-refractivity contribution in [2.45, 2.75) is 103 Å². The summed E-state index contributed by atoms with van der Waals surface area (Å²) in [7, 11) is 0. The van der Waals surface area contributed by atoms with Crippen molar-refractivity contribution in [1.29, 1.82) is 0 Å². The molecule has 2 aliphatic heterocycles. The Balaban J connectivity index is 0.000000380. The van der Waals surface area contributed by atoms with E-state index in [1.165, 1.54) is 0 Å². The predicted octanol–water partition coefficient (Wildman–Crippen LogP) is -3.21. The van der Waals surface area contributed by atoms with E-state index < -0.39 is 74.5 Å². The van der Waals surface area contributed by atoms with E-state index in [0.717, 1.165) is 0 Å². The third-order valence-corrected chi connectivity index (χ3v) is 5.71. The summed E-state index contributed by atoms with van der Waals surface area (Å²) in [6.07, 6.45) is -9.58. The Bertz CT molecular complexity index is 593. The van der Waals surface area contributed by atoms with Crippen LogP contribution in [0.5, 0.6) is 0 Å². The lowest BCUT2D eigenvalue weighted by molar-refractivity contribution is -0.256. The van der Waals surface area contributed by atoms with Gasteiger partial charge in [0, 0.05) is 0 Å². The first kappa shape index (κ1) is 35.5. The first-order valence-electron chi connectivity index (χ1n) is 12.8. The van der Waals surface area contributed by atoms with Gasteiger partial charge in [0.25, 0.3) is 0 Å². The first-order chi connectivity index (χ1) is 17.5. The van der Waals surface area contributed by atoms with Gasteiger partial charge in [-0.2, -0.15) is 0 Å². The molecule has 14 nitrogen and oxygen atoms in total. The predicted molar refractivity (Wildman–Crippen MR) is 134 cm³/mol. The summed E-state index contributed by atoms with van der Waals surface area (Å²) in [5.41, 5.74) is 0.0347. The molecule has 38 heavy (non-hydrogen) atoms. The molecule has 2 aliphatic rings. The Morgan fingerprint density at radius 1 is 0.579 bits per heavy atom. The molecule has 2 saturated heterocycles. The van der Waals surface area contributed by atoms with Crippen molar-refractivity contribution < 1.29 is 59.8 Å². The maximum absolute atomic E-state index is 9.85. The van der Waals surface area contributed by atoms with E-state index in [1.54, 1.807) is 0 Å². The topological polar surface area (TPSA) is 223 Å². The standard InChI is InChI=1S/2C12H25NO6/c2*1-12(2,3)5-18-6-13-8-10(16)9(15)7(4-14)19-11(8)17/h2*7-11,13-17H,4-6H2,1-3H3/t7?,8-,9+,10?,11+;7?,8-,9-,10?,11+/m11/s1. The van der Waals surface area contributed by atoms with Crippen LogP contribution in [0.25, 0.3) is 0 Å². The molecule has 0 aliphatic carbocycles. The third-order valence-electron chi connectivity index (χ3n) is 5.71. The first-order valence-corrected chi connectivity index (χ1v) is 12.8. The molecule has 2 heterocycles. The van der Waals surface area contributed by atoms with Gasteiger partial charge in [0.1, 0.15) is 36.6 Å². The number of hydrogen-bond acceptors (Lipinski definition) is 14. The van der Waals surface area contributed by atoms with Gasteiger partial charge >= 0.3 is 0 Å². The van der Waals surface area contributed by atoms with Crippen molar-refractivity contribution in [3.05, 3.63) is 0 Å². The van der Waals surface area contributed by atoms with E-state index in [2.05, 4.69) is 10.6 Å². The van der Waals surface area contributed by atoms with Crippen LogP contribution < -0.4 is 10.6 Å². The van der Waals surface area contributed by atoms with Gasteiger partial charge in [0.05, 0.1) is 52.0 Å². The molecule has 228 valence electrons. The zero-order chi connectivity index (χ0) is 29.3. The minimum Gasteiger partial charge on any atom is -0.394 e. The Kier molecular flexibility index (Phi) is 15.0. The van der Waals surface area contributed by atoms with Crippen LogP contribution in [-0.2, 0) is 18.9 Å². The molecular formula is C24H50N2O12. The maximum Gasteiger partial charge on any atom is 0.173 e. The van der Waals surface area contributed by atoms with Crippen molar-refractivity contribution in [2.24, 2.45) is 10.8 Å². The van der Waals surface area contributed by atoms with E-state index in [1.807, 2.05) is 41.5 Å². The summed E-state index contributed by atoms with van der Waals surface area (Å²) in [5, 5.41) is 81.9. The normalized spacial score (nSPS) is 36.5. The molecule has 2 fully saturated rings. The largest absolute Gasteiger partial charge is 0.394 e. The van der Waals surface area contributed by atoms with Crippen LogP contribution in [0.4, 0.5) is 0 Å². The van der Waals surface area contributed by atoms with Crippen LogP contribution in [0.15, 0.2) is 0 Å². The number of aliphatic hydroxyl groups excluding tert-OH is 8. The zero-order valence-corrected chi connectivity index (χ0v) is 23.2. The molecule has 0 radical (unpaired) electrons. The summed E-state index contributed by atoms with van der Waals surface area (Å²) < 4.78 is 20.7. The van der Waals surface area contributed by atoms with E-state index >= 15 is 0 Å². The van der Waals surface area contributed by atoms with Crippen molar-refractivity contribution in [1.82, 2.24) is 10.6 Å². The lowest BCUT2D eigenvalue weighted by Gasteiger charge is -2.40. The molecule has 0 saturated carbocycles. The minimum absolute atomic E-state index is 0.0173. The van der Waals surface area contributed by atoms with Gasteiger partial charge in [0.2, 0.25) is 0 Å². The highest BCUT2D eigenvalue weighted by Crippen LogP contribution is 2.21. The lowest BCUT2D eigenvalue weighted by Crippen LogP contribution is -2.63. The van der Waals surface area contributed by atoms with Gasteiger partial charge in [-0.1, -0.05) is 41.5 Å². The fraction of sp³-hybridized carbons (Fsp3) is 1.00. The summed E-state index contributed by atoms with van der Waals surface area (Å²) >= 11 is 0. The number of hydrogen-bond donors (Lipinski definition) is 10. The molecular weight excluding hydrogens is 508 g/mol. The van der Waals surface area contributed by atoms with Crippen molar-refractivity contribution in [3.8, 4) is 0 Å². The summed E-state index contributed by atoms with van der Waals surface area (Å²) in [5.74, 6) is 0. The smallest absolute Gasteiger partial charge is 0.173 e. The van der Waals surface area contributed by atoms with Gasteiger partial charge < -0.3 is 59.8 Å². The molecule has 0 bridgehead atoms. The highest BCUT2D eigenvalue weighted by atomic mass is 16.6. The number of rotatable bonds is 10. The van der Waals surface area contributed by atoms with Crippen molar-refractivity contribution in [2.75, 3.05) is 39.9 Å². The molecule has 0 aromatic carbocycles. The van der Waals surface area contributed by atoms with E-state index in [-0.39, 0.29) is 24.3 Å². The Labute approximate surface area is 224 Å². The van der Waals surface area contributed by atoms with Gasteiger partial charge in [-0.25, -0.2) is 0 Å². The lowest BCUT2D eigenvalue weighted by atomic mass is 9.97. The van der Waals surface area contributed by atoms with E-state index in [9.17, 15) is 30.6 Å². The molecule has 10 atom stereocenters. The van der Waals surface area contributed by atoms with Crippen LogP contribution in [0.3, 0.4) is 0 Å². The average molecular weight is 559 g/mol. The highest BCUT2D eigenvalue weighted by Gasteiger charge is 2.44. The second-order valence-corrected chi connectivity index (χ2v) is 12.0. The van der Waals surface area contributed by atoms with Gasteiger partial charge in [0.15, 0.2) is 12.6 Å². The second-order valence-electron chi connectivity index (χ2n) is 12.0. The Morgan fingerprint density at radius 3 is 1.16 bits per heavy atom. The summed E-state index contributed by atoms with van der Waals surface area (Å²) in [4.78, 5) is 0. The van der Waals surface area contributed by atoms with Crippen LogP contribution in [0.1, 0.15) is 41.5 Å². The highest BCUT2D eigenvalue weighted by molar-refractivity contribution is 4.93. The van der Waals surface area contributed by atoms with Crippen LogP contribution in [0, 0.1) is 10.8 Å². The van der Waals surface area contributed by atoms with Crippen LogP contribution in [0.2, 0.25) is 0 Å². The van der Waals surface area contributed by atoms with Crippen molar-refractivity contribution >= 4 is 0 Å². The molecule has 14 heteroatoms. The minimum atomic E-state index is -1.31. The maximum atomic E-state index is 9.85. The fourth-order valence-electron chi connectivity index (χ4n) is 3.66. The molecule has 0 aromatic rings. The van der Waals surface area contributed by atoms with Crippen molar-refractivity contribution in [3.63, 3.8) is 0 Å². The van der Waals surface area contributed by atoms with Gasteiger partial charge in [-0.15, -0.1) is 0 Å². The van der Waals surface area contributed by atoms with Gasteiger partial charge in [-0.05, 0) is 10.8 Å². The zero-order valence-electron chi connectivity index (χ0n) is 23.2. The molecule has 0 amide bonds. The molecule has 2 rings (SSSR count). The van der Waals surface area contributed by atoms with Gasteiger partial charge in [-0.3, -0.25) is 10.6 Å². The Hall–Kier alpha value is -0.560. The fourth-order valence-corrected chi connectivity index (χ4v) is 3.66. The second kappa shape index (κ2) is 16.0. The third kappa shape index (κ3) is 11.9. The number of nitrogens with one attached hydrogen (secondary N) is 2. The molecule has 0 spiro atoms. The van der Waals surface area contributed by atoms with Crippen LogP contribution >= 0.6 is 0 Å².